The summed E-state index contributed by atoms with van der Waals surface area (Å²) in [6.07, 6.45) is 0.648. The maximum Gasteiger partial charge on any atom is 0.258 e. The van der Waals surface area contributed by atoms with Crippen LogP contribution in [0.15, 0.2) is 24.3 Å². The van der Waals surface area contributed by atoms with Gasteiger partial charge in [-0.15, -0.1) is 0 Å². The van der Waals surface area contributed by atoms with Gasteiger partial charge in [-0.1, -0.05) is 32.9 Å². The molecule has 0 aromatic heterocycles. The van der Waals surface area contributed by atoms with E-state index in [1.165, 1.54) is 12.1 Å². The number of hydrogen-bond donors (Lipinski definition) is 2. The van der Waals surface area contributed by atoms with Crippen LogP contribution in [0.25, 0.3) is 0 Å². The predicted molar refractivity (Wildman–Crippen MR) is 75.0 cm³/mol. The molecule has 0 radical (unpaired) electrons. The number of aliphatic hydroxyl groups excluding tert-OH is 1. The number of nitrogens with one attached hydrogen (secondary N) is 1. The van der Waals surface area contributed by atoms with Crippen LogP contribution in [0.4, 0.5) is 4.39 Å². The van der Waals surface area contributed by atoms with E-state index in [9.17, 15) is 14.3 Å². The van der Waals surface area contributed by atoms with E-state index in [-0.39, 0.29) is 36.3 Å². The van der Waals surface area contributed by atoms with E-state index in [0.29, 0.717) is 6.42 Å². The zero-order valence-electron chi connectivity index (χ0n) is 12.1. The van der Waals surface area contributed by atoms with Gasteiger partial charge >= 0.3 is 0 Å². The van der Waals surface area contributed by atoms with Gasteiger partial charge < -0.3 is 15.2 Å². The highest BCUT2D eigenvalue weighted by molar-refractivity contribution is 5.77. The molecule has 2 N–H and O–H groups in total. The highest BCUT2D eigenvalue weighted by Gasteiger charge is 2.20. The molecule has 20 heavy (non-hydrogen) atoms. The summed E-state index contributed by atoms with van der Waals surface area (Å²) < 4.78 is 18.4. The van der Waals surface area contributed by atoms with Crippen molar-refractivity contribution in [3.63, 3.8) is 0 Å². The smallest absolute Gasteiger partial charge is 0.258 e. The number of benzene rings is 1. The molecule has 0 bridgehead atoms. The van der Waals surface area contributed by atoms with E-state index >= 15 is 0 Å². The summed E-state index contributed by atoms with van der Waals surface area (Å²) in [6.45, 7) is 5.66. The lowest BCUT2D eigenvalue weighted by atomic mass is 9.88. The van der Waals surface area contributed by atoms with Gasteiger partial charge in [-0.25, -0.2) is 4.39 Å². The SMILES string of the molecule is CC(C)(C)CC(CO)NC(=O)COc1ccccc1F. The third kappa shape index (κ3) is 6.02. The van der Waals surface area contributed by atoms with Crippen LogP contribution < -0.4 is 10.1 Å². The Bertz CT molecular complexity index is 443. The molecule has 112 valence electrons. The van der Waals surface area contributed by atoms with Crippen molar-refractivity contribution in [3.8, 4) is 5.75 Å². The number of rotatable bonds is 6. The molecule has 0 saturated carbocycles. The quantitative estimate of drug-likeness (QED) is 0.840. The van der Waals surface area contributed by atoms with Gasteiger partial charge in [-0.3, -0.25) is 4.79 Å². The molecule has 1 unspecified atom stereocenters. The van der Waals surface area contributed by atoms with Crippen LogP contribution in [0, 0.1) is 11.2 Å². The Morgan fingerprint density at radius 2 is 2.05 bits per heavy atom. The summed E-state index contributed by atoms with van der Waals surface area (Å²) >= 11 is 0. The number of halogens is 1. The average molecular weight is 283 g/mol. The van der Waals surface area contributed by atoms with Gasteiger partial charge in [0.15, 0.2) is 18.2 Å². The molecular formula is C15H22FNO3. The summed E-state index contributed by atoms with van der Waals surface area (Å²) in [4.78, 5) is 11.7. The lowest BCUT2D eigenvalue weighted by Gasteiger charge is -2.25. The van der Waals surface area contributed by atoms with Gasteiger partial charge in [-0.2, -0.15) is 0 Å². The third-order valence-electron chi connectivity index (χ3n) is 2.64. The normalized spacial score (nSPS) is 12.8. The van der Waals surface area contributed by atoms with Crippen molar-refractivity contribution in [2.24, 2.45) is 5.41 Å². The third-order valence-corrected chi connectivity index (χ3v) is 2.64. The van der Waals surface area contributed by atoms with Gasteiger partial charge in [0.05, 0.1) is 12.6 Å². The standard InChI is InChI=1S/C15H22FNO3/c1-15(2,3)8-11(9-18)17-14(19)10-20-13-7-5-4-6-12(13)16/h4-7,11,18H,8-10H2,1-3H3,(H,17,19). The zero-order chi connectivity index (χ0) is 15.2. The second-order valence-corrected chi connectivity index (χ2v) is 5.93. The highest BCUT2D eigenvalue weighted by atomic mass is 19.1. The van der Waals surface area contributed by atoms with Crippen molar-refractivity contribution in [1.82, 2.24) is 5.32 Å². The van der Waals surface area contributed by atoms with Gasteiger partial charge in [0, 0.05) is 0 Å². The van der Waals surface area contributed by atoms with E-state index in [4.69, 9.17) is 4.74 Å². The molecule has 4 nitrogen and oxygen atoms in total. The fourth-order valence-corrected chi connectivity index (χ4v) is 1.87. The Morgan fingerprint density at radius 1 is 1.40 bits per heavy atom. The fraction of sp³-hybridized carbons (Fsp3) is 0.533. The Kier molecular flexibility index (Phi) is 5.95. The van der Waals surface area contributed by atoms with Gasteiger partial charge in [-0.05, 0) is 24.0 Å². The minimum absolute atomic E-state index is 0.00687. The Balaban J connectivity index is 2.45. The maximum atomic E-state index is 13.3. The molecule has 0 spiro atoms. The molecule has 0 heterocycles. The van der Waals surface area contributed by atoms with E-state index in [1.54, 1.807) is 12.1 Å². The Hall–Kier alpha value is -1.62. The van der Waals surface area contributed by atoms with Crippen molar-refractivity contribution in [2.45, 2.75) is 33.2 Å². The van der Waals surface area contributed by atoms with Crippen molar-refractivity contribution in [1.29, 1.82) is 0 Å². The molecule has 1 rings (SSSR count). The van der Waals surface area contributed by atoms with Crippen LogP contribution in [0.3, 0.4) is 0 Å². The first-order valence-corrected chi connectivity index (χ1v) is 6.59. The zero-order valence-corrected chi connectivity index (χ0v) is 12.1. The second kappa shape index (κ2) is 7.24. The number of hydrogen-bond acceptors (Lipinski definition) is 3. The minimum atomic E-state index is -0.506. The first kappa shape index (κ1) is 16.4. The van der Waals surface area contributed by atoms with E-state index in [0.717, 1.165) is 0 Å². The molecule has 1 atom stereocenters. The monoisotopic (exact) mass is 283 g/mol. The molecule has 1 aromatic carbocycles. The molecule has 0 aliphatic rings. The first-order chi connectivity index (χ1) is 9.31. The predicted octanol–water partition coefficient (Wildman–Crippen LogP) is 2.12. The number of aliphatic hydroxyl groups is 1. The topological polar surface area (TPSA) is 58.6 Å². The van der Waals surface area contributed by atoms with Gasteiger partial charge in [0.2, 0.25) is 0 Å². The average Bonchev–Trinajstić information content (AvgIpc) is 2.35. The molecular weight excluding hydrogens is 261 g/mol. The molecule has 1 amide bonds. The molecule has 0 fully saturated rings. The van der Waals surface area contributed by atoms with Crippen LogP contribution in [0.2, 0.25) is 0 Å². The minimum Gasteiger partial charge on any atom is -0.481 e. The van der Waals surface area contributed by atoms with Crippen LogP contribution in [0.1, 0.15) is 27.2 Å². The lowest BCUT2D eigenvalue weighted by Crippen LogP contribution is -2.42. The van der Waals surface area contributed by atoms with E-state index in [1.807, 2.05) is 20.8 Å². The number of amides is 1. The van der Waals surface area contributed by atoms with Crippen molar-refractivity contribution in [3.05, 3.63) is 30.1 Å². The number of carbonyl (C=O) groups is 1. The highest BCUT2D eigenvalue weighted by Crippen LogP contribution is 2.20. The Morgan fingerprint density at radius 3 is 2.60 bits per heavy atom. The Labute approximate surface area is 119 Å². The summed E-state index contributed by atoms with van der Waals surface area (Å²) in [5.41, 5.74) is -0.00687. The first-order valence-electron chi connectivity index (χ1n) is 6.59. The lowest BCUT2D eigenvalue weighted by molar-refractivity contribution is -0.124. The number of ether oxygens (including phenoxy) is 1. The van der Waals surface area contributed by atoms with E-state index in [2.05, 4.69) is 5.32 Å². The molecule has 5 heteroatoms. The number of carbonyl (C=O) groups excluding carboxylic acids is 1. The van der Waals surface area contributed by atoms with Gasteiger partial charge in [0.25, 0.3) is 5.91 Å². The summed E-state index contributed by atoms with van der Waals surface area (Å²) in [5, 5.41) is 11.9. The number of para-hydroxylation sites is 1. The molecule has 0 aliphatic carbocycles. The molecule has 0 saturated heterocycles. The van der Waals surface area contributed by atoms with Crippen molar-refractivity contribution < 1.29 is 19.0 Å². The molecule has 1 aromatic rings. The van der Waals surface area contributed by atoms with Crippen molar-refractivity contribution in [2.75, 3.05) is 13.2 Å². The maximum absolute atomic E-state index is 13.3. The molecule has 0 aliphatic heterocycles. The summed E-state index contributed by atoms with van der Waals surface area (Å²) in [6, 6.07) is 5.58. The van der Waals surface area contributed by atoms with Crippen LogP contribution in [-0.4, -0.2) is 30.3 Å². The van der Waals surface area contributed by atoms with Crippen molar-refractivity contribution >= 4 is 5.91 Å². The largest absolute Gasteiger partial charge is 0.481 e. The van der Waals surface area contributed by atoms with Gasteiger partial charge in [0.1, 0.15) is 0 Å². The van der Waals surface area contributed by atoms with Crippen LogP contribution >= 0.6 is 0 Å². The summed E-state index contributed by atoms with van der Waals surface area (Å²) in [7, 11) is 0. The van der Waals surface area contributed by atoms with Crippen LogP contribution in [0.5, 0.6) is 5.75 Å². The van der Waals surface area contributed by atoms with E-state index < -0.39 is 5.82 Å². The second-order valence-electron chi connectivity index (χ2n) is 5.93. The fourth-order valence-electron chi connectivity index (χ4n) is 1.87. The van der Waals surface area contributed by atoms with Crippen LogP contribution in [-0.2, 0) is 4.79 Å². The summed E-state index contributed by atoms with van der Waals surface area (Å²) in [5.74, 6) is -0.843.